The highest BCUT2D eigenvalue weighted by Crippen LogP contribution is 2.23. The number of aryl methyl sites for hydroxylation is 1. The number of fused-ring (bicyclic) bond motifs is 1. The molecule has 1 saturated heterocycles. The van der Waals surface area contributed by atoms with Crippen LogP contribution >= 0.6 is 0 Å². The van der Waals surface area contributed by atoms with Crippen LogP contribution < -0.4 is 5.73 Å². The second-order valence-corrected chi connectivity index (χ2v) is 9.66. The first-order valence-electron chi connectivity index (χ1n) is 10.2. The molecule has 1 aromatic heterocycles. The maximum atomic E-state index is 13.0. The average Bonchev–Trinajstić information content (AvgIpc) is 3.17. The Kier molecular flexibility index (Phi) is 5.72. The minimum Gasteiger partial charge on any atom is -0.329 e. The van der Waals surface area contributed by atoms with E-state index in [1.54, 1.807) is 30.5 Å². The molecule has 1 aliphatic rings. The largest absolute Gasteiger partial charge is 0.329 e. The lowest BCUT2D eigenvalue weighted by Gasteiger charge is -2.34. The third kappa shape index (κ3) is 4.08. The second-order valence-electron chi connectivity index (χ2n) is 7.89. The van der Waals surface area contributed by atoms with Gasteiger partial charge in [-0.15, -0.1) is 0 Å². The summed E-state index contributed by atoms with van der Waals surface area (Å²) in [7, 11) is -3.72. The summed E-state index contributed by atoms with van der Waals surface area (Å²) in [6.07, 6.45) is 6.26. The summed E-state index contributed by atoms with van der Waals surface area (Å²) in [5.41, 5.74) is 8.83. The highest BCUT2D eigenvalue weighted by atomic mass is 32.2. The van der Waals surface area contributed by atoms with Crippen LogP contribution in [0.15, 0.2) is 53.6 Å². The van der Waals surface area contributed by atoms with Crippen molar-refractivity contribution >= 4 is 20.9 Å². The summed E-state index contributed by atoms with van der Waals surface area (Å²) in [5, 5.41) is 5.02. The van der Waals surface area contributed by atoms with Gasteiger partial charge in [0, 0.05) is 18.0 Å². The standard InChI is InChI=1S/C22H28N4O2S/c1-17-5-8-21(9-6-17)29(27,28)26-22-10-7-18(13-19(22)16-24-26)14-20(15-23)25-11-3-2-4-12-25/h5-10,13,16,20H,2-4,11-12,14-15,23H2,1H3/t20-/m0/s1. The van der Waals surface area contributed by atoms with Gasteiger partial charge in [0.1, 0.15) is 0 Å². The van der Waals surface area contributed by atoms with E-state index in [4.69, 9.17) is 5.73 Å². The number of hydrogen-bond acceptors (Lipinski definition) is 5. The van der Waals surface area contributed by atoms with Crippen LogP contribution in [-0.2, 0) is 16.4 Å². The average molecular weight is 413 g/mol. The van der Waals surface area contributed by atoms with Crippen LogP contribution in [0.3, 0.4) is 0 Å². The molecule has 0 bridgehead atoms. The van der Waals surface area contributed by atoms with Gasteiger partial charge in [-0.25, -0.2) is 0 Å². The Hall–Kier alpha value is -2.22. The summed E-state index contributed by atoms with van der Waals surface area (Å²) in [4.78, 5) is 2.73. The van der Waals surface area contributed by atoms with E-state index in [-0.39, 0.29) is 4.90 Å². The quantitative estimate of drug-likeness (QED) is 0.673. The van der Waals surface area contributed by atoms with Crippen molar-refractivity contribution in [2.75, 3.05) is 19.6 Å². The van der Waals surface area contributed by atoms with E-state index in [0.29, 0.717) is 18.1 Å². The SMILES string of the molecule is Cc1ccc(S(=O)(=O)n2ncc3cc(C[C@@H](CN)N4CCCCC4)ccc32)cc1. The molecule has 2 N–H and O–H groups in total. The van der Waals surface area contributed by atoms with E-state index in [2.05, 4.69) is 10.00 Å². The molecule has 29 heavy (non-hydrogen) atoms. The molecule has 1 fully saturated rings. The molecule has 0 amide bonds. The molecule has 0 spiro atoms. The highest BCUT2D eigenvalue weighted by Gasteiger charge is 2.22. The minimum atomic E-state index is -3.72. The van der Waals surface area contributed by atoms with Crippen molar-refractivity contribution in [2.24, 2.45) is 5.73 Å². The van der Waals surface area contributed by atoms with Gasteiger partial charge in [0.2, 0.25) is 0 Å². The number of aromatic nitrogens is 2. The van der Waals surface area contributed by atoms with Crippen molar-refractivity contribution in [1.29, 1.82) is 0 Å². The van der Waals surface area contributed by atoms with Gasteiger partial charge < -0.3 is 5.73 Å². The first-order chi connectivity index (χ1) is 14.0. The summed E-state index contributed by atoms with van der Waals surface area (Å²) < 4.78 is 27.2. The van der Waals surface area contributed by atoms with Crippen LogP contribution in [0.2, 0.25) is 0 Å². The van der Waals surface area contributed by atoms with Gasteiger partial charge in [-0.3, -0.25) is 4.90 Å². The number of nitrogens with zero attached hydrogens (tertiary/aromatic N) is 3. The predicted molar refractivity (Wildman–Crippen MR) is 115 cm³/mol. The van der Waals surface area contributed by atoms with E-state index in [0.717, 1.165) is 40.1 Å². The van der Waals surface area contributed by atoms with Crippen molar-refractivity contribution in [3.8, 4) is 0 Å². The zero-order chi connectivity index (χ0) is 20.4. The molecule has 0 unspecified atom stereocenters. The van der Waals surface area contributed by atoms with E-state index in [1.807, 2.05) is 25.1 Å². The first kappa shape index (κ1) is 20.1. The number of likely N-dealkylation sites (tertiary alicyclic amines) is 1. The van der Waals surface area contributed by atoms with E-state index >= 15 is 0 Å². The Morgan fingerprint density at radius 2 is 1.79 bits per heavy atom. The number of rotatable bonds is 6. The Morgan fingerprint density at radius 1 is 1.07 bits per heavy atom. The van der Waals surface area contributed by atoms with Crippen molar-refractivity contribution < 1.29 is 8.42 Å². The molecule has 1 atom stereocenters. The fourth-order valence-electron chi connectivity index (χ4n) is 4.10. The molecule has 0 aliphatic carbocycles. The lowest BCUT2D eigenvalue weighted by Crippen LogP contribution is -2.44. The fourth-order valence-corrected chi connectivity index (χ4v) is 5.38. The minimum absolute atomic E-state index is 0.241. The third-order valence-corrected chi connectivity index (χ3v) is 7.41. The molecular formula is C22H28N4O2S. The molecular weight excluding hydrogens is 384 g/mol. The number of nitrogens with two attached hydrogens (primary N) is 1. The molecule has 2 heterocycles. The fraction of sp³-hybridized carbons (Fsp3) is 0.409. The molecule has 2 aromatic carbocycles. The van der Waals surface area contributed by atoms with E-state index < -0.39 is 10.0 Å². The van der Waals surface area contributed by atoms with Crippen LogP contribution in [-0.4, -0.2) is 48.2 Å². The summed E-state index contributed by atoms with van der Waals surface area (Å²) >= 11 is 0. The lowest BCUT2D eigenvalue weighted by atomic mass is 10.0. The van der Waals surface area contributed by atoms with Crippen molar-refractivity contribution in [1.82, 2.24) is 14.1 Å². The molecule has 0 saturated carbocycles. The summed E-state index contributed by atoms with van der Waals surface area (Å²) in [5.74, 6) is 0. The monoisotopic (exact) mass is 412 g/mol. The summed E-state index contributed by atoms with van der Waals surface area (Å²) in [6, 6.07) is 13.0. The van der Waals surface area contributed by atoms with Gasteiger partial charge in [0.25, 0.3) is 10.0 Å². The normalized spacial score (nSPS) is 16.9. The van der Waals surface area contributed by atoms with Crippen LogP contribution in [0.25, 0.3) is 10.9 Å². The molecule has 0 radical (unpaired) electrons. The molecule has 154 valence electrons. The number of piperidine rings is 1. The van der Waals surface area contributed by atoms with Crippen LogP contribution in [0.5, 0.6) is 0 Å². The molecule has 1 aliphatic heterocycles. The van der Waals surface area contributed by atoms with Crippen LogP contribution in [0.1, 0.15) is 30.4 Å². The maximum Gasteiger partial charge on any atom is 0.283 e. The van der Waals surface area contributed by atoms with E-state index in [9.17, 15) is 8.42 Å². The molecule has 6 nitrogen and oxygen atoms in total. The van der Waals surface area contributed by atoms with Crippen LogP contribution in [0, 0.1) is 6.92 Å². The van der Waals surface area contributed by atoms with Crippen LogP contribution in [0.4, 0.5) is 0 Å². The van der Waals surface area contributed by atoms with E-state index in [1.165, 1.54) is 19.3 Å². The number of benzene rings is 2. The predicted octanol–water partition coefficient (Wildman–Crippen LogP) is 2.94. The zero-order valence-corrected chi connectivity index (χ0v) is 17.6. The maximum absolute atomic E-state index is 13.0. The topological polar surface area (TPSA) is 81.2 Å². The molecule has 7 heteroatoms. The van der Waals surface area contributed by atoms with Gasteiger partial charge >= 0.3 is 0 Å². The van der Waals surface area contributed by atoms with Gasteiger partial charge in [-0.1, -0.05) is 30.2 Å². The Bertz CT molecular complexity index is 1080. The third-order valence-electron chi connectivity index (χ3n) is 5.80. The van der Waals surface area contributed by atoms with Crippen molar-refractivity contribution in [3.63, 3.8) is 0 Å². The Balaban J connectivity index is 1.61. The molecule has 3 aromatic rings. The Labute approximate surface area is 172 Å². The van der Waals surface area contributed by atoms with Crippen molar-refractivity contribution in [3.05, 3.63) is 59.8 Å². The lowest BCUT2D eigenvalue weighted by molar-refractivity contribution is 0.166. The summed E-state index contributed by atoms with van der Waals surface area (Å²) in [6.45, 7) is 4.77. The van der Waals surface area contributed by atoms with Gasteiger partial charge in [0.15, 0.2) is 0 Å². The van der Waals surface area contributed by atoms with Gasteiger partial charge in [0.05, 0.1) is 16.6 Å². The van der Waals surface area contributed by atoms with Crippen molar-refractivity contribution in [2.45, 2.75) is 43.5 Å². The number of hydrogen-bond donors (Lipinski definition) is 1. The first-order valence-corrected chi connectivity index (χ1v) is 11.7. The zero-order valence-electron chi connectivity index (χ0n) is 16.8. The van der Waals surface area contributed by atoms with Gasteiger partial charge in [-0.2, -0.15) is 17.6 Å². The van der Waals surface area contributed by atoms with Gasteiger partial charge in [-0.05, 0) is 69.1 Å². The molecule has 4 rings (SSSR count). The smallest absolute Gasteiger partial charge is 0.283 e. The highest BCUT2D eigenvalue weighted by molar-refractivity contribution is 7.90. The Morgan fingerprint density at radius 3 is 2.48 bits per heavy atom. The second kappa shape index (κ2) is 8.26.